The number of para-hydroxylation sites is 1. The van der Waals surface area contributed by atoms with Crippen LogP contribution in [-0.4, -0.2) is 9.97 Å². The van der Waals surface area contributed by atoms with Gasteiger partial charge in [0.15, 0.2) is 5.82 Å². The van der Waals surface area contributed by atoms with E-state index in [-0.39, 0.29) is 0 Å². The summed E-state index contributed by atoms with van der Waals surface area (Å²) in [7, 11) is 0. The molecule has 0 aliphatic heterocycles. The number of aromatic nitrogens is 2. The molecular formula is C44H26N2OS. The van der Waals surface area contributed by atoms with Crippen LogP contribution in [-0.2, 0) is 0 Å². The van der Waals surface area contributed by atoms with E-state index in [1.807, 2.05) is 30.3 Å². The van der Waals surface area contributed by atoms with Crippen LogP contribution in [0.15, 0.2) is 162 Å². The van der Waals surface area contributed by atoms with Gasteiger partial charge in [0.2, 0.25) is 0 Å². The topological polar surface area (TPSA) is 38.9 Å². The molecule has 0 unspecified atom stereocenters. The molecule has 0 spiro atoms. The van der Waals surface area contributed by atoms with Crippen LogP contribution >= 0.6 is 11.3 Å². The molecule has 0 radical (unpaired) electrons. The molecule has 0 N–H and O–H groups in total. The van der Waals surface area contributed by atoms with Crippen LogP contribution in [0.4, 0.5) is 0 Å². The lowest BCUT2D eigenvalue weighted by Gasteiger charge is -2.09. The fourth-order valence-corrected chi connectivity index (χ4v) is 8.12. The Morgan fingerprint density at radius 2 is 1.19 bits per heavy atom. The zero-order valence-corrected chi connectivity index (χ0v) is 26.5. The number of nitrogens with zero attached hydrogens (tertiary/aromatic N) is 2. The summed E-state index contributed by atoms with van der Waals surface area (Å²) in [6.07, 6.45) is 0. The molecule has 10 aromatic rings. The summed E-state index contributed by atoms with van der Waals surface area (Å²) in [6.45, 7) is 0. The van der Waals surface area contributed by atoms with Crippen molar-refractivity contribution in [3.8, 4) is 44.9 Å². The second kappa shape index (κ2) is 10.7. The monoisotopic (exact) mass is 630 g/mol. The minimum absolute atomic E-state index is 0.732. The van der Waals surface area contributed by atoms with E-state index in [1.54, 1.807) is 11.3 Å². The summed E-state index contributed by atoms with van der Waals surface area (Å²) >= 11 is 1.76. The number of hydrogen-bond donors (Lipinski definition) is 0. The molecular weight excluding hydrogens is 605 g/mol. The van der Waals surface area contributed by atoms with E-state index in [1.165, 1.54) is 26.6 Å². The minimum atomic E-state index is 0.732. The lowest BCUT2D eigenvalue weighted by Crippen LogP contribution is -1.93. The van der Waals surface area contributed by atoms with Crippen molar-refractivity contribution in [2.24, 2.45) is 0 Å². The molecule has 0 atom stereocenters. The fraction of sp³-hybridized carbons (Fsp3) is 0. The number of thiophene rings is 1. The Balaban J connectivity index is 1.14. The van der Waals surface area contributed by atoms with Gasteiger partial charge in [0.25, 0.3) is 0 Å². The van der Waals surface area contributed by atoms with E-state index < -0.39 is 0 Å². The van der Waals surface area contributed by atoms with Gasteiger partial charge in [-0.25, -0.2) is 9.97 Å². The van der Waals surface area contributed by atoms with Gasteiger partial charge >= 0.3 is 0 Å². The Kier molecular flexibility index (Phi) is 6.05. The Bertz CT molecular complexity index is 2830. The van der Waals surface area contributed by atoms with Crippen LogP contribution in [0.2, 0.25) is 0 Å². The third-order valence-electron chi connectivity index (χ3n) is 9.30. The fourth-order valence-electron chi connectivity index (χ4n) is 6.93. The molecule has 48 heavy (non-hydrogen) atoms. The molecule has 7 aromatic carbocycles. The summed E-state index contributed by atoms with van der Waals surface area (Å²) in [5, 5.41) is 5.90. The molecule has 0 amide bonds. The van der Waals surface area contributed by atoms with Crippen molar-refractivity contribution in [1.29, 1.82) is 0 Å². The largest absolute Gasteiger partial charge is 0.456 e. The van der Waals surface area contributed by atoms with E-state index in [9.17, 15) is 0 Å². The van der Waals surface area contributed by atoms with E-state index in [0.717, 1.165) is 71.3 Å². The van der Waals surface area contributed by atoms with Crippen molar-refractivity contribution in [3.63, 3.8) is 0 Å². The van der Waals surface area contributed by atoms with Crippen LogP contribution < -0.4 is 0 Å². The molecule has 0 bridgehead atoms. The SMILES string of the molecule is c1ccc(-c2nc(-c3ccc(-c4ccc5ccccc5c4)cc3)c3sc4cc(-c5cccc6oc7ccccc7c56)ccc4c3n2)cc1. The summed E-state index contributed by atoms with van der Waals surface area (Å²) in [5.74, 6) is 0.732. The highest BCUT2D eigenvalue weighted by atomic mass is 32.1. The van der Waals surface area contributed by atoms with Crippen molar-refractivity contribution < 1.29 is 4.42 Å². The summed E-state index contributed by atoms with van der Waals surface area (Å²) in [6, 6.07) is 55.5. The maximum absolute atomic E-state index is 6.21. The van der Waals surface area contributed by atoms with Crippen LogP contribution in [0, 0.1) is 0 Å². The standard InChI is InChI=1S/C44H26N2OS/c1-2-10-30(11-3-1)44-45-41(29-20-17-28(18-21-29)32-22-19-27-9-4-5-12-31(27)25-32)43-42(46-44)36-24-23-33(26-39(36)48-43)34-14-8-16-38-40(34)35-13-6-7-15-37(35)47-38/h1-26H. The predicted molar refractivity (Wildman–Crippen MR) is 201 cm³/mol. The Morgan fingerprint density at radius 3 is 2.08 bits per heavy atom. The molecule has 0 saturated heterocycles. The average molecular weight is 631 g/mol. The molecule has 0 fully saturated rings. The second-order valence-corrected chi connectivity index (χ2v) is 13.2. The number of benzene rings is 7. The maximum atomic E-state index is 6.21. The van der Waals surface area contributed by atoms with Gasteiger partial charge < -0.3 is 4.42 Å². The number of rotatable bonds is 4. The van der Waals surface area contributed by atoms with E-state index in [2.05, 4.69) is 127 Å². The van der Waals surface area contributed by atoms with Gasteiger partial charge in [-0.05, 0) is 57.3 Å². The first-order valence-electron chi connectivity index (χ1n) is 16.1. The maximum Gasteiger partial charge on any atom is 0.160 e. The zero-order chi connectivity index (χ0) is 31.6. The first-order valence-corrected chi connectivity index (χ1v) is 16.9. The van der Waals surface area contributed by atoms with Gasteiger partial charge in [0, 0.05) is 32.0 Å². The van der Waals surface area contributed by atoms with Crippen molar-refractivity contribution in [2.75, 3.05) is 0 Å². The molecule has 4 heteroatoms. The van der Waals surface area contributed by atoms with Crippen molar-refractivity contribution in [1.82, 2.24) is 9.97 Å². The smallest absolute Gasteiger partial charge is 0.160 e. The van der Waals surface area contributed by atoms with Crippen LogP contribution in [0.5, 0.6) is 0 Å². The van der Waals surface area contributed by atoms with Gasteiger partial charge in [-0.1, -0.05) is 133 Å². The lowest BCUT2D eigenvalue weighted by atomic mass is 9.98. The molecule has 0 aliphatic rings. The molecule has 0 aliphatic carbocycles. The van der Waals surface area contributed by atoms with Crippen LogP contribution in [0.25, 0.3) is 97.9 Å². The van der Waals surface area contributed by atoms with Gasteiger partial charge in [-0.3, -0.25) is 0 Å². The summed E-state index contributed by atoms with van der Waals surface area (Å²) in [5.41, 5.74) is 10.5. The van der Waals surface area contributed by atoms with E-state index >= 15 is 0 Å². The van der Waals surface area contributed by atoms with Crippen molar-refractivity contribution >= 4 is 64.4 Å². The molecule has 0 saturated carbocycles. The highest BCUT2D eigenvalue weighted by Gasteiger charge is 2.18. The lowest BCUT2D eigenvalue weighted by molar-refractivity contribution is 0.669. The molecule has 3 aromatic heterocycles. The van der Waals surface area contributed by atoms with E-state index in [4.69, 9.17) is 14.4 Å². The van der Waals surface area contributed by atoms with Gasteiger partial charge in [0.05, 0.1) is 15.9 Å². The summed E-state index contributed by atoms with van der Waals surface area (Å²) in [4.78, 5) is 10.4. The predicted octanol–water partition coefficient (Wildman–Crippen LogP) is 12.6. The van der Waals surface area contributed by atoms with Crippen LogP contribution in [0.1, 0.15) is 0 Å². The third kappa shape index (κ3) is 4.34. The zero-order valence-electron chi connectivity index (χ0n) is 25.7. The average Bonchev–Trinajstić information content (AvgIpc) is 3.73. The first-order chi connectivity index (χ1) is 23.8. The van der Waals surface area contributed by atoms with Crippen LogP contribution in [0.3, 0.4) is 0 Å². The van der Waals surface area contributed by atoms with Gasteiger partial charge in [0.1, 0.15) is 11.2 Å². The number of hydrogen-bond acceptors (Lipinski definition) is 4. The Labute approximate surface area is 280 Å². The summed E-state index contributed by atoms with van der Waals surface area (Å²) < 4.78 is 8.48. The van der Waals surface area contributed by atoms with Gasteiger partial charge in [-0.15, -0.1) is 11.3 Å². The number of fused-ring (bicyclic) bond motifs is 7. The quantitative estimate of drug-likeness (QED) is 0.194. The minimum Gasteiger partial charge on any atom is -0.456 e. The molecule has 10 rings (SSSR count). The highest BCUT2D eigenvalue weighted by Crippen LogP contribution is 2.43. The molecule has 224 valence electrons. The normalized spacial score (nSPS) is 11.8. The number of furan rings is 1. The first kappa shape index (κ1) is 27.1. The molecule has 3 nitrogen and oxygen atoms in total. The Morgan fingerprint density at radius 1 is 0.458 bits per heavy atom. The van der Waals surface area contributed by atoms with Crippen molar-refractivity contribution in [3.05, 3.63) is 158 Å². The van der Waals surface area contributed by atoms with Gasteiger partial charge in [-0.2, -0.15) is 0 Å². The highest BCUT2D eigenvalue weighted by molar-refractivity contribution is 7.26. The second-order valence-electron chi connectivity index (χ2n) is 12.2. The Hall–Kier alpha value is -6.10. The third-order valence-corrected chi connectivity index (χ3v) is 10.4. The van der Waals surface area contributed by atoms with E-state index in [0.29, 0.717) is 0 Å². The molecule has 3 heterocycles. The van der Waals surface area contributed by atoms with Crippen molar-refractivity contribution in [2.45, 2.75) is 0 Å².